The van der Waals surface area contributed by atoms with Crippen LogP contribution in [-0.4, -0.2) is 87.6 Å². The smallest absolute Gasteiger partial charge is 0.249 e. The summed E-state index contributed by atoms with van der Waals surface area (Å²) in [7, 11) is 1.73. The number of aliphatic hydroxyl groups is 1. The summed E-state index contributed by atoms with van der Waals surface area (Å²) in [5.74, 6) is -2.29. The number of rotatable bonds is 4. The fourth-order valence-electron chi connectivity index (χ4n) is 7.69. The number of aliphatic hydroxyl groups excluding tert-OH is 1. The zero-order valence-corrected chi connectivity index (χ0v) is 22.2. The minimum Gasteiger partial charge on any atom is -0.394 e. The first kappa shape index (κ1) is 25.3. The van der Waals surface area contributed by atoms with Crippen molar-refractivity contribution >= 4 is 17.7 Å². The minimum absolute atomic E-state index is 0.103. The van der Waals surface area contributed by atoms with Crippen molar-refractivity contribution < 1.29 is 24.2 Å². The maximum atomic E-state index is 14.6. The van der Waals surface area contributed by atoms with E-state index < -0.39 is 35.1 Å². The first-order valence-electron chi connectivity index (χ1n) is 13.9. The molecule has 1 N–H and O–H groups in total. The van der Waals surface area contributed by atoms with Gasteiger partial charge in [-0.2, -0.15) is 0 Å². The number of amides is 3. The van der Waals surface area contributed by atoms with Gasteiger partial charge in [0.1, 0.15) is 11.6 Å². The average molecular weight is 520 g/mol. The highest BCUT2D eigenvalue weighted by Gasteiger charge is 2.75. The second-order valence-corrected chi connectivity index (χ2v) is 11.7. The monoisotopic (exact) mass is 519 g/mol. The summed E-state index contributed by atoms with van der Waals surface area (Å²) in [4.78, 5) is 48.0. The number of fused-ring (bicyclic) bond motifs is 2. The molecule has 1 aromatic carbocycles. The second kappa shape index (κ2) is 9.35. The molecule has 6 atom stereocenters. The molecule has 3 amide bonds. The van der Waals surface area contributed by atoms with Crippen LogP contribution in [0, 0.1) is 11.8 Å². The van der Waals surface area contributed by atoms with Crippen molar-refractivity contribution in [2.45, 2.75) is 68.4 Å². The molecule has 0 radical (unpaired) electrons. The van der Waals surface area contributed by atoms with Gasteiger partial charge < -0.3 is 24.5 Å². The number of nitrogens with zero attached hydrogens (tertiary/aromatic N) is 3. The maximum Gasteiger partial charge on any atom is 0.249 e. The number of hydrogen-bond donors (Lipinski definition) is 1. The van der Waals surface area contributed by atoms with Crippen molar-refractivity contribution in [1.29, 1.82) is 0 Å². The Labute approximate surface area is 223 Å². The first-order chi connectivity index (χ1) is 18.3. The SMILES string of the molecule is CN1CC=C[C@@]2(C)O[C@]34C=CCN(C5CCCCC5)C(=O)C3N([C@H](CO)c3ccccc3)C(=O)[C@@H]4[C@H]2C1=O. The molecule has 1 aliphatic carbocycles. The van der Waals surface area contributed by atoms with Crippen molar-refractivity contribution in [3.05, 3.63) is 60.2 Å². The molecule has 4 aliphatic heterocycles. The van der Waals surface area contributed by atoms with E-state index in [-0.39, 0.29) is 30.4 Å². The Balaban J connectivity index is 1.51. The molecule has 3 fully saturated rings. The van der Waals surface area contributed by atoms with Crippen LogP contribution < -0.4 is 0 Å². The van der Waals surface area contributed by atoms with E-state index in [9.17, 15) is 19.5 Å². The number of carbonyl (C=O) groups is 3. The van der Waals surface area contributed by atoms with E-state index in [1.807, 2.05) is 66.5 Å². The lowest BCUT2D eigenvalue weighted by atomic mass is 9.74. The predicted molar refractivity (Wildman–Crippen MR) is 141 cm³/mol. The standard InChI is InChI=1S/C30H37N3O5/c1-29-15-9-17-31(2)26(35)23(29)24-27(36)33(22(19-34)20-11-5-3-6-12-20)25-28(37)32(21-13-7-4-8-14-21)18-10-16-30(24,25)38-29/h3,5-6,9-12,15-16,21-25,34H,4,7-8,13-14,17-19H2,1-2H3/t22-,23+,24+,25?,29-,30+/m1/s1. The van der Waals surface area contributed by atoms with Gasteiger partial charge in [-0.05, 0) is 25.3 Å². The Kier molecular flexibility index (Phi) is 6.23. The van der Waals surface area contributed by atoms with Crippen LogP contribution in [0.15, 0.2) is 54.6 Å². The van der Waals surface area contributed by atoms with Crippen molar-refractivity contribution in [1.82, 2.24) is 14.7 Å². The number of ether oxygens (including phenoxy) is 1. The van der Waals surface area contributed by atoms with E-state index in [2.05, 4.69) is 0 Å². The molecule has 5 aliphatic rings. The van der Waals surface area contributed by atoms with E-state index >= 15 is 0 Å². The van der Waals surface area contributed by atoms with Crippen LogP contribution in [0.2, 0.25) is 0 Å². The third-order valence-corrected chi connectivity index (χ3v) is 9.44. The van der Waals surface area contributed by atoms with Gasteiger partial charge in [-0.15, -0.1) is 0 Å². The van der Waals surface area contributed by atoms with Crippen LogP contribution in [0.1, 0.15) is 50.6 Å². The predicted octanol–water partition coefficient (Wildman–Crippen LogP) is 2.45. The molecule has 0 bridgehead atoms. The van der Waals surface area contributed by atoms with Crippen molar-refractivity contribution in [3.8, 4) is 0 Å². The molecule has 2 saturated heterocycles. The molecular weight excluding hydrogens is 482 g/mol. The van der Waals surface area contributed by atoms with E-state index in [0.29, 0.717) is 13.1 Å². The molecule has 6 rings (SSSR count). The Bertz CT molecular complexity index is 1180. The third-order valence-electron chi connectivity index (χ3n) is 9.44. The van der Waals surface area contributed by atoms with Gasteiger partial charge in [-0.1, -0.05) is 73.9 Å². The van der Waals surface area contributed by atoms with Gasteiger partial charge in [0, 0.05) is 26.2 Å². The number of carbonyl (C=O) groups excluding carboxylic acids is 3. The Hall–Kier alpha value is -2.97. The molecule has 1 aromatic rings. The maximum absolute atomic E-state index is 14.6. The van der Waals surface area contributed by atoms with Crippen LogP contribution in [0.3, 0.4) is 0 Å². The summed E-state index contributed by atoms with van der Waals surface area (Å²) in [5, 5.41) is 10.6. The molecule has 1 saturated carbocycles. The Morgan fingerprint density at radius 3 is 2.37 bits per heavy atom. The van der Waals surface area contributed by atoms with Gasteiger partial charge in [-0.25, -0.2) is 0 Å². The van der Waals surface area contributed by atoms with Crippen LogP contribution in [0.4, 0.5) is 0 Å². The summed E-state index contributed by atoms with van der Waals surface area (Å²) in [6.45, 7) is 2.39. The summed E-state index contributed by atoms with van der Waals surface area (Å²) < 4.78 is 6.87. The van der Waals surface area contributed by atoms with Gasteiger partial charge in [0.15, 0.2) is 0 Å². The summed E-state index contributed by atoms with van der Waals surface area (Å²) in [5.41, 5.74) is -1.59. The van der Waals surface area contributed by atoms with Gasteiger partial charge in [-0.3, -0.25) is 14.4 Å². The summed E-state index contributed by atoms with van der Waals surface area (Å²) in [6.07, 6.45) is 12.8. The molecular formula is C30H37N3O5. The van der Waals surface area contributed by atoms with Gasteiger partial charge in [0.25, 0.3) is 0 Å². The molecule has 8 nitrogen and oxygen atoms in total. The van der Waals surface area contributed by atoms with Crippen LogP contribution in [-0.2, 0) is 19.1 Å². The van der Waals surface area contributed by atoms with Crippen molar-refractivity contribution in [3.63, 3.8) is 0 Å². The highest BCUT2D eigenvalue weighted by atomic mass is 16.5. The minimum atomic E-state index is -1.31. The van der Waals surface area contributed by atoms with E-state index in [0.717, 1.165) is 31.2 Å². The number of benzene rings is 1. The van der Waals surface area contributed by atoms with E-state index in [1.54, 1.807) is 16.8 Å². The topological polar surface area (TPSA) is 90.4 Å². The third kappa shape index (κ3) is 3.60. The lowest BCUT2D eigenvalue weighted by Gasteiger charge is -2.42. The zero-order valence-electron chi connectivity index (χ0n) is 22.2. The van der Waals surface area contributed by atoms with Gasteiger partial charge in [0.05, 0.1) is 30.1 Å². The fourth-order valence-corrected chi connectivity index (χ4v) is 7.69. The molecule has 8 heteroatoms. The van der Waals surface area contributed by atoms with Crippen LogP contribution in [0.25, 0.3) is 0 Å². The quantitative estimate of drug-likeness (QED) is 0.618. The Morgan fingerprint density at radius 1 is 0.947 bits per heavy atom. The average Bonchev–Trinajstić information content (AvgIpc) is 3.20. The number of hydrogen-bond acceptors (Lipinski definition) is 5. The molecule has 38 heavy (non-hydrogen) atoms. The Morgan fingerprint density at radius 2 is 1.66 bits per heavy atom. The molecule has 202 valence electrons. The molecule has 0 aromatic heterocycles. The normalized spacial score (nSPS) is 36.1. The molecule has 1 unspecified atom stereocenters. The van der Waals surface area contributed by atoms with Crippen LogP contribution in [0.5, 0.6) is 0 Å². The van der Waals surface area contributed by atoms with Crippen molar-refractivity contribution in [2.75, 3.05) is 26.7 Å². The summed E-state index contributed by atoms with van der Waals surface area (Å²) >= 11 is 0. The molecule has 1 spiro atoms. The lowest BCUT2D eigenvalue weighted by molar-refractivity contribution is -0.157. The number of likely N-dealkylation sites (N-methyl/N-ethyl adjacent to an activating group) is 1. The first-order valence-corrected chi connectivity index (χ1v) is 13.9. The van der Waals surface area contributed by atoms with E-state index in [1.165, 1.54) is 6.42 Å². The second-order valence-electron chi connectivity index (χ2n) is 11.7. The number of likely N-dealkylation sites (tertiary alicyclic amines) is 1. The van der Waals surface area contributed by atoms with Gasteiger partial charge in [0.2, 0.25) is 17.7 Å². The highest BCUT2D eigenvalue weighted by Crippen LogP contribution is 2.58. The van der Waals surface area contributed by atoms with E-state index in [4.69, 9.17) is 4.74 Å². The fraction of sp³-hybridized carbons (Fsp3) is 0.567. The van der Waals surface area contributed by atoms with Gasteiger partial charge >= 0.3 is 0 Å². The zero-order chi connectivity index (χ0) is 26.7. The van der Waals surface area contributed by atoms with Crippen molar-refractivity contribution in [2.24, 2.45) is 11.8 Å². The molecule has 4 heterocycles. The van der Waals surface area contributed by atoms with Crippen LogP contribution >= 0.6 is 0 Å². The highest BCUT2D eigenvalue weighted by molar-refractivity contribution is 6.00. The lowest BCUT2D eigenvalue weighted by Crippen LogP contribution is -2.58. The largest absolute Gasteiger partial charge is 0.394 e. The summed E-state index contributed by atoms with van der Waals surface area (Å²) in [6, 6.07) is 7.72.